The largest absolute Gasteiger partial charge is 0.508 e. The molecule has 0 radical (unpaired) electrons. The fourth-order valence-corrected chi connectivity index (χ4v) is 2.06. The van der Waals surface area contributed by atoms with Crippen LogP contribution < -0.4 is 5.32 Å². The van der Waals surface area contributed by atoms with Gasteiger partial charge in [0.1, 0.15) is 11.5 Å². The summed E-state index contributed by atoms with van der Waals surface area (Å²) in [6.07, 6.45) is 0. The first-order valence-corrected chi connectivity index (χ1v) is 6.47. The maximum absolute atomic E-state index is 11.5. The van der Waals surface area contributed by atoms with Crippen LogP contribution in [0.25, 0.3) is 0 Å². The predicted octanol–water partition coefficient (Wildman–Crippen LogP) is 3.06. The van der Waals surface area contributed by atoms with Crippen LogP contribution in [0.3, 0.4) is 0 Å². The number of aromatic hydroxyl groups is 2. The number of nitrogens with one attached hydrogen (secondary N) is 1. The van der Waals surface area contributed by atoms with E-state index in [9.17, 15) is 15.0 Å². The van der Waals surface area contributed by atoms with Gasteiger partial charge < -0.3 is 20.3 Å². The van der Waals surface area contributed by atoms with Crippen LogP contribution in [-0.4, -0.2) is 23.3 Å². The second kappa shape index (κ2) is 6.17. The highest BCUT2D eigenvalue weighted by Gasteiger charge is 2.10. The van der Waals surface area contributed by atoms with Gasteiger partial charge in [-0.1, -0.05) is 6.07 Å². The molecule has 2 rings (SSSR count). The predicted molar refractivity (Wildman–Crippen MR) is 79.6 cm³/mol. The molecule has 0 bridgehead atoms. The molecule has 5 heteroatoms. The maximum Gasteiger partial charge on any atom is 0.337 e. The molecule has 2 aromatic rings. The summed E-state index contributed by atoms with van der Waals surface area (Å²) in [5.74, 6) is -0.398. The third kappa shape index (κ3) is 3.66. The Labute approximate surface area is 122 Å². The fraction of sp³-hybridized carbons (Fsp3) is 0.188. The van der Waals surface area contributed by atoms with Crippen molar-refractivity contribution in [1.29, 1.82) is 0 Å². The summed E-state index contributed by atoms with van der Waals surface area (Å²) in [6.45, 7) is 1.89. The molecular formula is C16H17NO4. The van der Waals surface area contributed by atoms with Gasteiger partial charge in [0.25, 0.3) is 0 Å². The SMILES string of the molecule is COC(=O)c1cccc(NC(C)c2cc(O)cc(O)c2)c1. The number of anilines is 1. The van der Waals surface area contributed by atoms with Gasteiger partial charge in [-0.2, -0.15) is 0 Å². The molecule has 21 heavy (non-hydrogen) atoms. The van der Waals surface area contributed by atoms with Gasteiger partial charge in [0.2, 0.25) is 0 Å². The zero-order valence-corrected chi connectivity index (χ0v) is 11.8. The van der Waals surface area contributed by atoms with Crippen LogP contribution in [0, 0.1) is 0 Å². The molecule has 0 aromatic heterocycles. The van der Waals surface area contributed by atoms with E-state index in [1.54, 1.807) is 30.3 Å². The minimum atomic E-state index is -0.402. The van der Waals surface area contributed by atoms with E-state index in [2.05, 4.69) is 10.1 Å². The molecule has 0 aliphatic rings. The molecule has 5 nitrogen and oxygen atoms in total. The van der Waals surface area contributed by atoms with Crippen molar-refractivity contribution in [2.75, 3.05) is 12.4 Å². The lowest BCUT2D eigenvalue weighted by Crippen LogP contribution is -2.08. The van der Waals surface area contributed by atoms with Crippen LogP contribution in [0.15, 0.2) is 42.5 Å². The van der Waals surface area contributed by atoms with Crippen LogP contribution in [0.2, 0.25) is 0 Å². The van der Waals surface area contributed by atoms with Gasteiger partial charge in [-0.3, -0.25) is 0 Å². The van der Waals surface area contributed by atoms with Crippen molar-refractivity contribution in [3.63, 3.8) is 0 Å². The van der Waals surface area contributed by atoms with Crippen molar-refractivity contribution < 1.29 is 19.7 Å². The molecule has 0 amide bonds. The molecule has 2 aromatic carbocycles. The van der Waals surface area contributed by atoms with Gasteiger partial charge in [0.05, 0.1) is 12.7 Å². The Kier molecular flexibility index (Phi) is 4.33. The monoisotopic (exact) mass is 287 g/mol. The summed E-state index contributed by atoms with van der Waals surface area (Å²) < 4.78 is 4.68. The number of esters is 1. The number of phenols is 2. The third-order valence-corrected chi connectivity index (χ3v) is 3.09. The molecule has 0 fully saturated rings. The van der Waals surface area contributed by atoms with Gasteiger partial charge >= 0.3 is 5.97 Å². The molecule has 1 atom stereocenters. The van der Waals surface area contributed by atoms with E-state index in [1.807, 2.05) is 13.0 Å². The molecule has 0 saturated carbocycles. The number of carbonyl (C=O) groups is 1. The van der Waals surface area contributed by atoms with Crippen molar-refractivity contribution in [3.8, 4) is 11.5 Å². The van der Waals surface area contributed by atoms with Crippen LogP contribution in [-0.2, 0) is 4.74 Å². The lowest BCUT2D eigenvalue weighted by atomic mass is 10.1. The Balaban J connectivity index is 2.19. The summed E-state index contributed by atoms with van der Waals surface area (Å²) >= 11 is 0. The van der Waals surface area contributed by atoms with E-state index < -0.39 is 5.97 Å². The smallest absolute Gasteiger partial charge is 0.337 e. The quantitative estimate of drug-likeness (QED) is 0.753. The van der Waals surface area contributed by atoms with Crippen molar-refractivity contribution >= 4 is 11.7 Å². The van der Waals surface area contributed by atoms with Crippen LogP contribution >= 0.6 is 0 Å². The number of benzene rings is 2. The topological polar surface area (TPSA) is 78.8 Å². The molecule has 0 aliphatic carbocycles. The molecule has 3 N–H and O–H groups in total. The second-order valence-corrected chi connectivity index (χ2v) is 4.72. The molecule has 0 spiro atoms. The van der Waals surface area contributed by atoms with Crippen LogP contribution in [0.4, 0.5) is 5.69 Å². The number of carbonyl (C=O) groups excluding carboxylic acids is 1. The van der Waals surface area contributed by atoms with Crippen LogP contribution in [0.5, 0.6) is 11.5 Å². The zero-order valence-electron chi connectivity index (χ0n) is 11.8. The lowest BCUT2D eigenvalue weighted by Gasteiger charge is -2.16. The highest BCUT2D eigenvalue weighted by Crippen LogP contribution is 2.27. The summed E-state index contributed by atoms with van der Waals surface area (Å²) in [5.41, 5.74) is 1.93. The highest BCUT2D eigenvalue weighted by molar-refractivity contribution is 5.90. The number of hydrogen-bond donors (Lipinski definition) is 3. The summed E-state index contributed by atoms with van der Waals surface area (Å²) in [6, 6.07) is 11.2. The van der Waals surface area contributed by atoms with Gasteiger partial charge in [-0.05, 0) is 42.8 Å². The average molecular weight is 287 g/mol. The van der Waals surface area contributed by atoms with Crippen molar-refractivity contribution in [3.05, 3.63) is 53.6 Å². The number of hydrogen-bond acceptors (Lipinski definition) is 5. The number of rotatable bonds is 4. The molecule has 0 heterocycles. The van der Waals surface area contributed by atoms with Crippen LogP contribution in [0.1, 0.15) is 28.9 Å². The zero-order chi connectivity index (χ0) is 15.4. The normalized spacial score (nSPS) is 11.7. The number of methoxy groups -OCH3 is 1. The molecule has 0 aliphatic heterocycles. The van der Waals surface area contributed by atoms with Gasteiger partial charge in [-0.15, -0.1) is 0 Å². The van der Waals surface area contributed by atoms with Gasteiger partial charge in [0, 0.05) is 17.8 Å². The third-order valence-electron chi connectivity index (χ3n) is 3.09. The van der Waals surface area contributed by atoms with E-state index in [-0.39, 0.29) is 17.5 Å². The summed E-state index contributed by atoms with van der Waals surface area (Å²) in [7, 11) is 1.33. The minimum Gasteiger partial charge on any atom is -0.508 e. The molecular weight excluding hydrogens is 270 g/mol. The molecule has 0 saturated heterocycles. The van der Waals surface area contributed by atoms with Crippen molar-refractivity contribution in [2.24, 2.45) is 0 Å². The Hall–Kier alpha value is -2.69. The van der Waals surface area contributed by atoms with Crippen molar-refractivity contribution in [1.82, 2.24) is 0 Å². The first-order chi connectivity index (χ1) is 9.99. The minimum absolute atomic E-state index is 0.00182. The average Bonchev–Trinajstić information content (AvgIpc) is 2.45. The van der Waals surface area contributed by atoms with E-state index in [0.29, 0.717) is 5.56 Å². The standard InChI is InChI=1S/C16H17NO4/c1-10(12-7-14(18)9-15(19)8-12)17-13-5-3-4-11(6-13)16(20)21-2/h3-10,17-19H,1-2H3. The van der Waals surface area contributed by atoms with Gasteiger partial charge in [-0.25, -0.2) is 4.79 Å². The summed E-state index contributed by atoms with van der Waals surface area (Å²) in [5, 5.41) is 22.2. The molecule has 110 valence electrons. The fourth-order valence-electron chi connectivity index (χ4n) is 2.06. The van der Waals surface area contributed by atoms with Gasteiger partial charge in [0.15, 0.2) is 0 Å². The van der Waals surface area contributed by atoms with E-state index >= 15 is 0 Å². The Morgan fingerprint density at radius 1 is 1.14 bits per heavy atom. The lowest BCUT2D eigenvalue weighted by molar-refractivity contribution is 0.0601. The Morgan fingerprint density at radius 3 is 2.43 bits per heavy atom. The second-order valence-electron chi connectivity index (χ2n) is 4.72. The highest BCUT2D eigenvalue weighted by atomic mass is 16.5. The number of ether oxygens (including phenoxy) is 1. The summed E-state index contributed by atoms with van der Waals surface area (Å²) in [4.78, 5) is 11.5. The van der Waals surface area contributed by atoms with Crippen molar-refractivity contribution in [2.45, 2.75) is 13.0 Å². The number of phenolic OH excluding ortho intramolecular Hbond substituents is 2. The Morgan fingerprint density at radius 2 is 1.81 bits per heavy atom. The van der Waals surface area contributed by atoms with E-state index in [4.69, 9.17) is 0 Å². The first kappa shape index (κ1) is 14.7. The Bertz CT molecular complexity index is 634. The molecule has 1 unspecified atom stereocenters. The first-order valence-electron chi connectivity index (χ1n) is 6.47. The van der Waals surface area contributed by atoms with E-state index in [0.717, 1.165) is 11.3 Å². The maximum atomic E-state index is 11.5. The van der Waals surface area contributed by atoms with E-state index in [1.165, 1.54) is 13.2 Å².